The monoisotopic (exact) mass is 238 g/mol. The predicted octanol–water partition coefficient (Wildman–Crippen LogP) is 2.28. The van der Waals surface area contributed by atoms with Gasteiger partial charge in [-0.3, -0.25) is 9.78 Å². The lowest BCUT2D eigenvalue weighted by molar-refractivity contribution is 0.0780. The number of benzene rings is 1. The maximum Gasteiger partial charge on any atom is 0.254 e. The van der Waals surface area contributed by atoms with Crippen molar-refractivity contribution in [2.24, 2.45) is 0 Å². The van der Waals surface area contributed by atoms with E-state index in [4.69, 9.17) is 0 Å². The molecule has 0 N–H and O–H groups in total. The highest BCUT2D eigenvalue weighted by atomic mass is 16.2. The van der Waals surface area contributed by atoms with Crippen LogP contribution in [-0.4, -0.2) is 22.3 Å². The number of carbonyl (C=O) groups is 1. The average molecular weight is 238 g/mol. The van der Waals surface area contributed by atoms with Crippen LogP contribution in [0.15, 0.2) is 48.7 Å². The molecule has 1 aliphatic heterocycles. The number of aromatic nitrogens is 1. The highest BCUT2D eigenvalue weighted by molar-refractivity contribution is 5.98. The van der Waals surface area contributed by atoms with Crippen molar-refractivity contribution >= 4 is 5.91 Å². The van der Waals surface area contributed by atoms with Gasteiger partial charge in [-0.25, -0.2) is 0 Å². The minimum absolute atomic E-state index is 0.140. The smallest absolute Gasteiger partial charge is 0.254 e. The molecule has 0 bridgehead atoms. The molecule has 18 heavy (non-hydrogen) atoms. The van der Waals surface area contributed by atoms with Crippen molar-refractivity contribution in [2.45, 2.75) is 13.0 Å². The minimum atomic E-state index is 0.140. The Kier molecular flexibility index (Phi) is 2.81. The van der Waals surface area contributed by atoms with Crippen molar-refractivity contribution in [2.75, 3.05) is 6.54 Å². The fourth-order valence-corrected chi connectivity index (χ4v) is 2.29. The van der Waals surface area contributed by atoms with E-state index in [9.17, 15) is 4.79 Å². The molecule has 3 nitrogen and oxygen atoms in total. The first-order valence-electron chi connectivity index (χ1n) is 6.12. The van der Waals surface area contributed by atoms with Crippen LogP contribution in [-0.2, 0) is 13.0 Å². The predicted molar refractivity (Wildman–Crippen MR) is 69.1 cm³/mol. The summed E-state index contributed by atoms with van der Waals surface area (Å²) in [7, 11) is 0. The molecular weight excluding hydrogens is 224 g/mol. The second-order valence-electron chi connectivity index (χ2n) is 4.45. The molecule has 0 radical (unpaired) electrons. The van der Waals surface area contributed by atoms with Crippen LogP contribution in [0, 0.1) is 0 Å². The normalized spacial score (nSPS) is 13.8. The first-order valence-corrected chi connectivity index (χ1v) is 6.12. The number of carbonyl (C=O) groups excluding carboxylic acids is 1. The second kappa shape index (κ2) is 4.61. The average Bonchev–Trinajstić information content (AvgIpc) is 2.75. The maximum absolute atomic E-state index is 12.1. The number of hydrogen-bond acceptors (Lipinski definition) is 2. The molecule has 0 atom stereocenters. The Morgan fingerprint density at radius 2 is 1.94 bits per heavy atom. The van der Waals surface area contributed by atoms with E-state index >= 15 is 0 Å². The lowest BCUT2D eigenvalue weighted by Gasteiger charge is -2.14. The second-order valence-corrected chi connectivity index (χ2v) is 4.45. The van der Waals surface area contributed by atoms with E-state index in [1.165, 1.54) is 0 Å². The molecule has 0 saturated carbocycles. The highest BCUT2D eigenvalue weighted by Crippen LogP contribution is 2.22. The van der Waals surface area contributed by atoms with Gasteiger partial charge in [-0.2, -0.15) is 0 Å². The van der Waals surface area contributed by atoms with Crippen molar-refractivity contribution in [1.29, 1.82) is 0 Å². The van der Waals surface area contributed by atoms with Gasteiger partial charge in [0.25, 0.3) is 5.91 Å². The summed E-state index contributed by atoms with van der Waals surface area (Å²) in [5.41, 5.74) is 3.00. The summed E-state index contributed by atoms with van der Waals surface area (Å²) in [4.78, 5) is 18.3. The van der Waals surface area contributed by atoms with Gasteiger partial charge in [-0.05, 0) is 23.8 Å². The zero-order valence-electron chi connectivity index (χ0n) is 10.0. The van der Waals surface area contributed by atoms with Crippen LogP contribution in [0.4, 0.5) is 0 Å². The van der Waals surface area contributed by atoms with Crippen molar-refractivity contribution < 1.29 is 4.79 Å². The van der Waals surface area contributed by atoms with Gasteiger partial charge in [0, 0.05) is 37.0 Å². The SMILES string of the molecule is O=C1c2ccccc2CN1CCc1ccccn1. The Morgan fingerprint density at radius 1 is 1.11 bits per heavy atom. The topological polar surface area (TPSA) is 33.2 Å². The molecule has 0 fully saturated rings. The van der Waals surface area contributed by atoms with Crippen LogP contribution in [0.1, 0.15) is 21.6 Å². The lowest BCUT2D eigenvalue weighted by atomic mass is 10.1. The molecule has 0 spiro atoms. The van der Waals surface area contributed by atoms with E-state index in [-0.39, 0.29) is 5.91 Å². The molecule has 1 amide bonds. The van der Waals surface area contributed by atoms with E-state index in [0.29, 0.717) is 0 Å². The maximum atomic E-state index is 12.1. The summed E-state index contributed by atoms with van der Waals surface area (Å²) >= 11 is 0. The number of nitrogens with zero attached hydrogens (tertiary/aromatic N) is 2. The third-order valence-electron chi connectivity index (χ3n) is 3.26. The Hall–Kier alpha value is -2.16. The largest absolute Gasteiger partial charge is 0.334 e. The summed E-state index contributed by atoms with van der Waals surface area (Å²) in [6.45, 7) is 1.45. The number of fused-ring (bicyclic) bond motifs is 1. The molecule has 0 unspecified atom stereocenters. The minimum Gasteiger partial charge on any atom is -0.334 e. The van der Waals surface area contributed by atoms with Gasteiger partial charge in [-0.1, -0.05) is 24.3 Å². The first kappa shape index (κ1) is 11.0. The standard InChI is InChI=1S/C15H14N2O/c18-15-14-7-2-1-5-12(14)11-17(15)10-8-13-6-3-4-9-16-13/h1-7,9H,8,10-11H2. The molecule has 2 heterocycles. The summed E-state index contributed by atoms with van der Waals surface area (Å²) in [6, 6.07) is 13.7. The lowest BCUT2D eigenvalue weighted by Crippen LogP contribution is -2.26. The number of amides is 1. The molecule has 2 aromatic rings. The Labute approximate surface area is 106 Å². The summed E-state index contributed by atoms with van der Waals surface area (Å²) in [5.74, 6) is 0.140. The molecule has 0 aliphatic carbocycles. The van der Waals surface area contributed by atoms with E-state index in [2.05, 4.69) is 4.98 Å². The number of hydrogen-bond donors (Lipinski definition) is 0. The molecule has 1 aliphatic rings. The van der Waals surface area contributed by atoms with E-state index < -0.39 is 0 Å². The number of pyridine rings is 1. The van der Waals surface area contributed by atoms with Gasteiger partial charge in [0.1, 0.15) is 0 Å². The molecule has 0 saturated heterocycles. The molecule has 90 valence electrons. The van der Waals surface area contributed by atoms with Crippen molar-refractivity contribution in [3.05, 3.63) is 65.5 Å². The van der Waals surface area contributed by atoms with Gasteiger partial charge >= 0.3 is 0 Å². The first-order chi connectivity index (χ1) is 8.84. The summed E-state index contributed by atoms with van der Waals surface area (Å²) < 4.78 is 0. The summed E-state index contributed by atoms with van der Waals surface area (Å²) in [6.07, 6.45) is 2.59. The van der Waals surface area contributed by atoms with Crippen LogP contribution >= 0.6 is 0 Å². The molecule has 1 aromatic carbocycles. The van der Waals surface area contributed by atoms with E-state index in [0.717, 1.165) is 36.3 Å². The third kappa shape index (κ3) is 1.99. The van der Waals surface area contributed by atoms with Gasteiger partial charge < -0.3 is 4.90 Å². The fraction of sp³-hybridized carbons (Fsp3) is 0.200. The van der Waals surface area contributed by atoms with Crippen LogP contribution in [0.3, 0.4) is 0 Å². The molecular formula is C15H14N2O. The van der Waals surface area contributed by atoms with Crippen molar-refractivity contribution in [1.82, 2.24) is 9.88 Å². The van der Waals surface area contributed by atoms with Crippen LogP contribution in [0.5, 0.6) is 0 Å². The van der Waals surface area contributed by atoms with Crippen LogP contribution in [0.25, 0.3) is 0 Å². The quantitative estimate of drug-likeness (QED) is 0.822. The van der Waals surface area contributed by atoms with Gasteiger partial charge in [0.15, 0.2) is 0 Å². The van der Waals surface area contributed by atoms with E-state index in [1.807, 2.05) is 47.4 Å². The molecule has 3 heteroatoms. The van der Waals surface area contributed by atoms with E-state index in [1.54, 1.807) is 6.20 Å². The molecule has 3 rings (SSSR count). The zero-order chi connectivity index (χ0) is 12.4. The van der Waals surface area contributed by atoms with Gasteiger partial charge in [-0.15, -0.1) is 0 Å². The van der Waals surface area contributed by atoms with Crippen molar-refractivity contribution in [3.8, 4) is 0 Å². The highest BCUT2D eigenvalue weighted by Gasteiger charge is 2.26. The van der Waals surface area contributed by atoms with Crippen molar-refractivity contribution in [3.63, 3.8) is 0 Å². The Balaban J connectivity index is 1.68. The van der Waals surface area contributed by atoms with Gasteiger partial charge in [0.05, 0.1) is 0 Å². The molecule has 1 aromatic heterocycles. The zero-order valence-corrected chi connectivity index (χ0v) is 10.0. The van der Waals surface area contributed by atoms with Gasteiger partial charge in [0.2, 0.25) is 0 Å². The number of rotatable bonds is 3. The van der Waals surface area contributed by atoms with Crippen LogP contribution < -0.4 is 0 Å². The Morgan fingerprint density at radius 3 is 2.72 bits per heavy atom. The Bertz CT molecular complexity index is 566. The fourth-order valence-electron chi connectivity index (χ4n) is 2.29. The third-order valence-corrected chi connectivity index (χ3v) is 3.26. The summed E-state index contributed by atoms with van der Waals surface area (Å²) in [5, 5.41) is 0. The van der Waals surface area contributed by atoms with Crippen LogP contribution in [0.2, 0.25) is 0 Å².